The monoisotopic (exact) mass is 297 g/mol. The quantitative estimate of drug-likeness (QED) is 0.728. The first-order chi connectivity index (χ1) is 7.93. The molecule has 0 amide bonds. The van der Waals surface area contributed by atoms with Crippen molar-refractivity contribution in [3.05, 3.63) is 29.3 Å². The highest BCUT2D eigenvalue weighted by Crippen LogP contribution is 2.21. The highest BCUT2D eigenvalue weighted by molar-refractivity contribution is 9.09. The van der Waals surface area contributed by atoms with Crippen molar-refractivity contribution >= 4 is 21.6 Å². The molecule has 0 aromatic heterocycles. The molecule has 1 aromatic carbocycles. The normalized spacial score (nSPS) is 12.9. The first kappa shape index (κ1) is 14.6. The average Bonchev–Trinajstić information content (AvgIpc) is 2.23. The fourth-order valence-electron chi connectivity index (χ4n) is 2.07. The maximum absolute atomic E-state index is 3.62. The molecule has 1 rings (SSSR count). The second-order valence-electron chi connectivity index (χ2n) is 5.38. The fraction of sp³-hybridized carbons (Fsp3) is 0.600. The minimum atomic E-state index is 0.695. The molecule has 2 heteroatoms. The third-order valence-corrected chi connectivity index (χ3v) is 4.13. The fourth-order valence-corrected chi connectivity index (χ4v) is 3.02. The Morgan fingerprint density at radius 1 is 1.12 bits per heavy atom. The maximum Gasteiger partial charge on any atom is 0.0369 e. The summed E-state index contributed by atoms with van der Waals surface area (Å²) in [7, 11) is 2.19. The molecule has 0 N–H and O–H groups in total. The van der Waals surface area contributed by atoms with Crippen LogP contribution in [-0.4, -0.2) is 18.9 Å². The molecule has 0 aliphatic carbocycles. The number of halogens is 1. The average molecular weight is 298 g/mol. The van der Waals surface area contributed by atoms with Gasteiger partial charge in [-0.2, -0.15) is 0 Å². The van der Waals surface area contributed by atoms with Crippen molar-refractivity contribution < 1.29 is 0 Å². The van der Waals surface area contributed by atoms with Gasteiger partial charge in [0.1, 0.15) is 0 Å². The van der Waals surface area contributed by atoms with E-state index in [0.29, 0.717) is 11.8 Å². The number of alkyl halides is 1. The topological polar surface area (TPSA) is 3.24 Å². The molecule has 0 saturated heterocycles. The maximum atomic E-state index is 3.62. The van der Waals surface area contributed by atoms with Gasteiger partial charge in [0, 0.05) is 24.6 Å². The van der Waals surface area contributed by atoms with Crippen LogP contribution in [-0.2, 0) is 0 Å². The second-order valence-corrected chi connectivity index (χ2v) is 6.03. The van der Waals surface area contributed by atoms with Crippen LogP contribution in [0.4, 0.5) is 5.69 Å². The third kappa shape index (κ3) is 4.34. The highest BCUT2D eigenvalue weighted by atomic mass is 79.9. The highest BCUT2D eigenvalue weighted by Gasteiger charge is 2.14. The minimum absolute atomic E-state index is 0.695. The van der Waals surface area contributed by atoms with Crippen LogP contribution in [0.2, 0.25) is 0 Å². The summed E-state index contributed by atoms with van der Waals surface area (Å²) in [5.74, 6) is 1.41. The van der Waals surface area contributed by atoms with Gasteiger partial charge in [-0.3, -0.25) is 0 Å². The predicted molar refractivity (Wildman–Crippen MR) is 81.3 cm³/mol. The lowest BCUT2D eigenvalue weighted by Crippen LogP contribution is -2.29. The number of aryl methyl sites for hydroxylation is 2. The molecule has 17 heavy (non-hydrogen) atoms. The Morgan fingerprint density at radius 3 is 2.06 bits per heavy atom. The van der Waals surface area contributed by atoms with Crippen LogP contribution in [0.5, 0.6) is 0 Å². The number of benzene rings is 1. The Balaban J connectivity index is 2.78. The van der Waals surface area contributed by atoms with Crippen LogP contribution >= 0.6 is 15.9 Å². The summed E-state index contributed by atoms with van der Waals surface area (Å²) in [4.78, 5) is 2.37. The van der Waals surface area contributed by atoms with E-state index in [1.165, 1.54) is 16.8 Å². The van der Waals surface area contributed by atoms with Gasteiger partial charge >= 0.3 is 0 Å². The number of nitrogens with zero attached hydrogens (tertiary/aromatic N) is 1. The van der Waals surface area contributed by atoms with E-state index in [4.69, 9.17) is 0 Å². The number of anilines is 1. The summed E-state index contributed by atoms with van der Waals surface area (Å²) in [6.07, 6.45) is 0. The van der Waals surface area contributed by atoms with Gasteiger partial charge in [-0.15, -0.1) is 0 Å². The molecule has 0 spiro atoms. The lowest BCUT2D eigenvalue weighted by molar-refractivity contribution is 0.432. The van der Waals surface area contributed by atoms with Gasteiger partial charge in [-0.05, 0) is 48.9 Å². The van der Waals surface area contributed by atoms with Crippen molar-refractivity contribution in [3.8, 4) is 0 Å². The van der Waals surface area contributed by atoms with Crippen LogP contribution in [0.15, 0.2) is 18.2 Å². The lowest BCUT2D eigenvalue weighted by Gasteiger charge is -2.27. The second kappa shape index (κ2) is 6.44. The van der Waals surface area contributed by atoms with Gasteiger partial charge in [0.05, 0.1) is 0 Å². The Kier molecular flexibility index (Phi) is 5.51. The summed E-state index contributed by atoms with van der Waals surface area (Å²) >= 11 is 3.62. The van der Waals surface area contributed by atoms with Crippen molar-refractivity contribution in [2.45, 2.75) is 27.7 Å². The standard InChI is InChI=1S/C15H24BrN/c1-11(2)14(9-16)10-17(5)15-7-12(3)6-13(4)8-15/h6-8,11,14H,9-10H2,1-5H3. The van der Waals surface area contributed by atoms with Crippen molar-refractivity contribution in [2.24, 2.45) is 11.8 Å². The van der Waals surface area contributed by atoms with Crippen molar-refractivity contribution in [3.63, 3.8) is 0 Å². The Hall–Kier alpha value is -0.500. The zero-order valence-corrected chi connectivity index (χ0v) is 13.2. The number of rotatable bonds is 5. The third-order valence-electron chi connectivity index (χ3n) is 3.30. The zero-order chi connectivity index (χ0) is 13.0. The molecule has 0 radical (unpaired) electrons. The summed E-state index contributed by atoms with van der Waals surface area (Å²) in [5.41, 5.74) is 4.01. The molecule has 1 unspecified atom stereocenters. The summed E-state index contributed by atoms with van der Waals surface area (Å²) in [6, 6.07) is 6.75. The summed E-state index contributed by atoms with van der Waals surface area (Å²) in [5, 5.41) is 1.07. The van der Waals surface area contributed by atoms with E-state index in [1.807, 2.05) is 0 Å². The first-order valence-electron chi connectivity index (χ1n) is 6.29. The zero-order valence-electron chi connectivity index (χ0n) is 11.6. The van der Waals surface area contributed by atoms with E-state index >= 15 is 0 Å². The van der Waals surface area contributed by atoms with Crippen LogP contribution in [0.1, 0.15) is 25.0 Å². The molecule has 0 heterocycles. The van der Waals surface area contributed by atoms with Gasteiger partial charge < -0.3 is 4.90 Å². The largest absolute Gasteiger partial charge is 0.374 e. The molecule has 0 aliphatic rings. The van der Waals surface area contributed by atoms with E-state index < -0.39 is 0 Å². The Bertz CT molecular complexity index is 340. The Morgan fingerprint density at radius 2 is 1.65 bits per heavy atom. The molecule has 96 valence electrons. The molecule has 1 aromatic rings. The van der Waals surface area contributed by atoms with Crippen LogP contribution in [0.25, 0.3) is 0 Å². The summed E-state index contributed by atoms with van der Waals surface area (Å²) in [6.45, 7) is 10.0. The molecular formula is C15H24BrN. The van der Waals surface area contributed by atoms with Crippen LogP contribution < -0.4 is 4.90 Å². The van der Waals surface area contributed by atoms with Gasteiger partial charge in [0.25, 0.3) is 0 Å². The lowest BCUT2D eigenvalue weighted by atomic mass is 9.97. The van der Waals surface area contributed by atoms with Crippen LogP contribution in [0.3, 0.4) is 0 Å². The Labute approximate surface area is 114 Å². The smallest absolute Gasteiger partial charge is 0.0369 e. The van der Waals surface area contributed by atoms with E-state index in [1.54, 1.807) is 0 Å². The van der Waals surface area contributed by atoms with E-state index in [9.17, 15) is 0 Å². The van der Waals surface area contributed by atoms with Crippen LogP contribution in [0, 0.1) is 25.7 Å². The first-order valence-corrected chi connectivity index (χ1v) is 7.41. The van der Waals surface area contributed by atoms with Gasteiger partial charge in [0.15, 0.2) is 0 Å². The number of hydrogen-bond donors (Lipinski definition) is 0. The minimum Gasteiger partial charge on any atom is -0.374 e. The van der Waals surface area contributed by atoms with E-state index in [2.05, 4.69) is 73.8 Å². The van der Waals surface area contributed by atoms with Gasteiger partial charge in [0.2, 0.25) is 0 Å². The molecular weight excluding hydrogens is 274 g/mol. The van der Waals surface area contributed by atoms with Gasteiger partial charge in [-0.1, -0.05) is 35.8 Å². The van der Waals surface area contributed by atoms with E-state index in [0.717, 1.165) is 11.9 Å². The van der Waals surface area contributed by atoms with Crippen molar-refractivity contribution in [1.29, 1.82) is 0 Å². The van der Waals surface area contributed by atoms with E-state index in [-0.39, 0.29) is 0 Å². The molecule has 0 saturated carbocycles. The molecule has 0 bridgehead atoms. The summed E-state index contributed by atoms with van der Waals surface area (Å²) < 4.78 is 0. The SMILES string of the molecule is Cc1cc(C)cc(N(C)CC(CBr)C(C)C)c1. The molecule has 1 nitrogen and oxygen atoms in total. The molecule has 0 fully saturated rings. The predicted octanol–water partition coefficient (Wildman–Crippen LogP) is 4.41. The number of hydrogen-bond acceptors (Lipinski definition) is 1. The molecule has 0 aliphatic heterocycles. The molecule has 1 atom stereocenters. The van der Waals surface area contributed by atoms with Gasteiger partial charge in [-0.25, -0.2) is 0 Å². The van der Waals surface area contributed by atoms with Crippen molar-refractivity contribution in [2.75, 3.05) is 23.8 Å². The van der Waals surface area contributed by atoms with Crippen molar-refractivity contribution in [1.82, 2.24) is 0 Å².